The maximum Gasteiger partial charge on any atom is 0.129 e. The molecule has 1 aromatic rings. The first-order chi connectivity index (χ1) is 8.08. The van der Waals surface area contributed by atoms with E-state index in [0.29, 0.717) is 6.04 Å². The summed E-state index contributed by atoms with van der Waals surface area (Å²) >= 11 is 0. The molecule has 0 saturated heterocycles. The van der Waals surface area contributed by atoms with E-state index in [1.165, 1.54) is 19.3 Å². The van der Waals surface area contributed by atoms with Crippen LogP contribution in [-0.2, 0) is 0 Å². The Labute approximate surface area is 104 Å². The molecule has 0 aromatic carbocycles. The number of rotatable bonds is 5. The molecule has 2 rings (SSSR count). The highest BCUT2D eigenvalue weighted by Crippen LogP contribution is 2.31. The van der Waals surface area contributed by atoms with Gasteiger partial charge in [-0.15, -0.1) is 0 Å². The van der Waals surface area contributed by atoms with Crippen molar-refractivity contribution in [1.82, 2.24) is 4.98 Å². The minimum absolute atomic E-state index is 0.712. The summed E-state index contributed by atoms with van der Waals surface area (Å²) in [7, 11) is 0. The molecule has 1 fully saturated rings. The van der Waals surface area contributed by atoms with Gasteiger partial charge in [0.25, 0.3) is 0 Å². The fourth-order valence-corrected chi connectivity index (χ4v) is 1.99. The Morgan fingerprint density at radius 2 is 2.12 bits per heavy atom. The van der Waals surface area contributed by atoms with E-state index >= 15 is 0 Å². The lowest BCUT2D eigenvalue weighted by Crippen LogP contribution is -2.28. The van der Waals surface area contributed by atoms with E-state index in [2.05, 4.69) is 29.8 Å². The number of aryl methyl sites for hydroxylation is 1. The number of aromatic nitrogens is 1. The summed E-state index contributed by atoms with van der Waals surface area (Å²) in [5.74, 6) is 1.84. The first-order valence-corrected chi connectivity index (χ1v) is 6.57. The SMILES string of the molecule is Cc1nc(N(CCC(C)C)C2CC2)ccc1N. The van der Waals surface area contributed by atoms with Crippen LogP contribution in [0.5, 0.6) is 0 Å². The molecule has 0 unspecified atom stereocenters. The van der Waals surface area contributed by atoms with Crippen LogP contribution in [0.3, 0.4) is 0 Å². The molecule has 1 saturated carbocycles. The van der Waals surface area contributed by atoms with E-state index in [1.54, 1.807) is 0 Å². The monoisotopic (exact) mass is 233 g/mol. The Kier molecular flexibility index (Phi) is 3.55. The van der Waals surface area contributed by atoms with Gasteiger partial charge in [0.2, 0.25) is 0 Å². The smallest absolute Gasteiger partial charge is 0.129 e. The average Bonchev–Trinajstić information content (AvgIpc) is 3.07. The summed E-state index contributed by atoms with van der Waals surface area (Å²) in [6, 6.07) is 4.74. The van der Waals surface area contributed by atoms with Crippen molar-refractivity contribution in [2.45, 2.75) is 46.1 Å². The van der Waals surface area contributed by atoms with Crippen molar-refractivity contribution < 1.29 is 0 Å². The van der Waals surface area contributed by atoms with E-state index < -0.39 is 0 Å². The van der Waals surface area contributed by atoms with Gasteiger partial charge in [-0.3, -0.25) is 0 Å². The Balaban J connectivity index is 2.11. The highest BCUT2D eigenvalue weighted by Gasteiger charge is 2.29. The first kappa shape index (κ1) is 12.2. The predicted octanol–water partition coefficient (Wildman–Crippen LogP) is 2.99. The molecule has 3 heteroatoms. The van der Waals surface area contributed by atoms with Gasteiger partial charge in [-0.05, 0) is 44.2 Å². The zero-order valence-electron chi connectivity index (χ0n) is 11.1. The molecule has 1 aliphatic rings. The molecule has 1 heterocycles. The summed E-state index contributed by atoms with van der Waals surface area (Å²) < 4.78 is 0. The maximum atomic E-state index is 5.82. The van der Waals surface area contributed by atoms with Gasteiger partial charge in [0.05, 0.1) is 11.4 Å². The third kappa shape index (κ3) is 3.11. The molecular formula is C14H23N3. The Morgan fingerprint density at radius 3 is 2.65 bits per heavy atom. The van der Waals surface area contributed by atoms with Gasteiger partial charge in [0.15, 0.2) is 0 Å². The minimum Gasteiger partial charge on any atom is -0.397 e. The number of hydrogen-bond acceptors (Lipinski definition) is 3. The second kappa shape index (κ2) is 4.94. The molecule has 0 aliphatic heterocycles. The van der Waals surface area contributed by atoms with Crippen molar-refractivity contribution in [3.8, 4) is 0 Å². The molecule has 0 bridgehead atoms. The molecule has 0 atom stereocenters. The average molecular weight is 233 g/mol. The molecule has 0 spiro atoms. The van der Waals surface area contributed by atoms with Crippen LogP contribution in [0.4, 0.5) is 11.5 Å². The summed E-state index contributed by atoms with van der Waals surface area (Å²) in [4.78, 5) is 7.06. The van der Waals surface area contributed by atoms with E-state index in [4.69, 9.17) is 5.73 Å². The lowest BCUT2D eigenvalue weighted by molar-refractivity contribution is 0.568. The van der Waals surface area contributed by atoms with Gasteiger partial charge >= 0.3 is 0 Å². The van der Waals surface area contributed by atoms with Crippen LogP contribution in [-0.4, -0.2) is 17.6 Å². The lowest BCUT2D eigenvalue weighted by atomic mass is 10.1. The van der Waals surface area contributed by atoms with Gasteiger partial charge in [-0.1, -0.05) is 13.8 Å². The fraction of sp³-hybridized carbons (Fsp3) is 0.643. The van der Waals surface area contributed by atoms with Crippen molar-refractivity contribution in [2.24, 2.45) is 5.92 Å². The zero-order chi connectivity index (χ0) is 12.4. The molecule has 94 valence electrons. The largest absolute Gasteiger partial charge is 0.397 e. The second-order valence-corrected chi connectivity index (χ2v) is 5.45. The molecular weight excluding hydrogens is 210 g/mol. The third-order valence-electron chi connectivity index (χ3n) is 3.34. The summed E-state index contributed by atoms with van der Waals surface area (Å²) in [6.45, 7) is 7.63. The number of nitrogens with two attached hydrogens (primary N) is 1. The Morgan fingerprint density at radius 1 is 1.41 bits per heavy atom. The molecule has 2 N–H and O–H groups in total. The van der Waals surface area contributed by atoms with Gasteiger partial charge in [0, 0.05) is 12.6 Å². The molecule has 17 heavy (non-hydrogen) atoms. The molecule has 0 amide bonds. The molecule has 1 aromatic heterocycles. The van der Waals surface area contributed by atoms with Crippen LogP contribution in [0.25, 0.3) is 0 Å². The second-order valence-electron chi connectivity index (χ2n) is 5.45. The lowest BCUT2D eigenvalue weighted by Gasteiger charge is -2.25. The van der Waals surface area contributed by atoms with Crippen molar-refractivity contribution in [2.75, 3.05) is 17.2 Å². The summed E-state index contributed by atoms with van der Waals surface area (Å²) in [5.41, 5.74) is 7.55. The van der Waals surface area contributed by atoms with Crippen molar-refractivity contribution >= 4 is 11.5 Å². The van der Waals surface area contributed by atoms with Crippen molar-refractivity contribution in [1.29, 1.82) is 0 Å². The van der Waals surface area contributed by atoms with E-state index in [-0.39, 0.29) is 0 Å². The molecule has 3 nitrogen and oxygen atoms in total. The van der Waals surface area contributed by atoms with Gasteiger partial charge < -0.3 is 10.6 Å². The number of anilines is 2. The quantitative estimate of drug-likeness (QED) is 0.850. The summed E-state index contributed by atoms with van der Waals surface area (Å²) in [5, 5.41) is 0. The number of nitrogens with zero attached hydrogens (tertiary/aromatic N) is 2. The molecule has 0 radical (unpaired) electrons. The highest BCUT2D eigenvalue weighted by molar-refractivity contribution is 5.51. The zero-order valence-corrected chi connectivity index (χ0v) is 11.1. The van der Waals surface area contributed by atoms with Crippen LogP contribution in [0.1, 0.15) is 38.8 Å². The van der Waals surface area contributed by atoms with Gasteiger partial charge in [0.1, 0.15) is 5.82 Å². The Hall–Kier alpha value is -1.25. The van der Waals surface area contributed by atoms with Crippen molar-refractivity contribution in [3.63, 3.8) is 0 Å². The highest BCUT2D eigenvalue weighted by atomic mass is 15.2. The van der Waals surface area contributed by atoms with Crippen molar-refractivity contribution in [3.05, 3.63) is 17.8 Å². The first-order valence-electron chi connectivity index (χ1n) is 6.57. The number of nitrogen functional groups attached to an aromatic ring is 1. The van der Waals surface area contributed by atoms with Crippen LogP contribution in [0.15, 0.2) is 12.1 Å². The standard InChI is InChI=1S/C14H23N3/c1-10(2)8-9-17(12-4-5-12)14-7-6-13(15)11(3)16-14/h6-7,10,12H,4-5,8-9,15H2,1-3H3. The van der Waals surface area contributed by atoms with E-state index in [9.17, 15) is 0 Å². The van der Waals surface area contributed by atoms with E-state index in [0.717, 1.165) is 29.7 Å². The minimum atomic E-state index is 0.712. The number of pyridine rings is 1. The maximum absolute atomic E-state index is 5.82. The van der Waals surface area contributed by atoms with Crippen LogP contribution in [0.2, 0.25) is 0 Å². The predicted molar refractivity (Wildman–Crippen MR) is 73.2 cm³/mol. The Bertz CT molecular complexity index is 383. The van der Waals surface area contributed by atoms with Crippen LogP contribution in [0, 0.1) is 12.8 Å². The third-order valence-corrected chi connectivity index (χ3v) is 3.34. The van der Waals surface area contributed by atoms with Crippen LogP contribution >= 0.6 is 0 Å². The topological polar surface area (TPSA) is 42.2 Å². The summed E-state index contributed by atoms with van der Waals surface area (Å²) in [6.07, 6.45) is 3.84. The molecule has 1 aliphatic carbocycles. The van der Waals surface area contributed by atoms with Gasteiger partial charge in [-0.2, -0.15) is 0 Å². The fourth-order valence-electron chi connectivity index (χ4n) is 1.99. The normalized spacial score (nSPS) is 15.3. The van der Waals surface area contributed by atoms with E-state index in [1.807, 2.05) is 13.0 Å². The van der Waals surface area contributed by atoms with Gasteiger partial charge in [-0.25, -0.2) is 4.98 Å². The number of hydrogen-bond donors (Lipinski definition) is 1. The van der Waals surface area contributed by atoms with Crippen LogP contribution < -0.4 is 10.6 Å².